The first-order chi connectivity index (χ1) is 9.98. The summed E-state index contributed by atoms with van der Waals surface area (Å²) in [5.41, 5.74) is 0.136. The highest BCUT2D eigenvalue weighted by Crippen LogP contribution is 2.30. The normalized spacial score (nSPS) is 13.1. The predicted molar refractivity (Wildman–Crippen MR) is 101 cm³/mol. The maximum Gasteiger partial charge on any atom is 0.378 e. The number of hydrogen-bond donors (Lipinski definition) is 1. The van der Waals surface area contributed by atoms with Crippen molar-refractivity contribution in [2.24, 2.45) is 5.92 Å². The highest BCUT2D eigenvalue weighted by molar-refractivity contribution is 14.1. The monoisotopic (exact) mass is 650 g/mol. The van der Waals surface area contributed by atoms with Gasteiger partial charge in [-0.15, -0.1) is 0 Å². The summed E-state index contributed by atoms with van der Waals surface area (Å²) in [6, 6.07) is 3.25. The van der Waals surface area contributed by atoms with Gasteiger partial charge in [0.2, 0.25) is 0 Å². The van der Waals surface area contributed by atoms with Crippen LogP contribution in [0.25, 0.3) is 0 Å². The standard InChI is InChI=1S/C13H11F2I3O4/c1-5(2)10(13(14,15)12(20)21)22-11(19)6-3-8(17)9(18)4-7(6)16/h3-5,10H,1-2H3,(H,20,21). The lowest BCUT2D eigenvalue weighted by Gasteiger charge is -2.26. The largest absolute Gasteiger partial charge is 0.477 e. The zero-order chi connectivity index (χ0) is 17.2. The molecule has 0 aliphatic carbocycles. The molecule has 1 aromatic rings. The number of carbonyl (C=O) groups excluding carboxylic acids is 1. The molecule has 0 aromatic heterocycles. The average Bonchev–Trinajstić information content (AvgIpc) is 2.39. The first kappa shape index (κ1) is 20.3. The summed E-state index contributed by atoms with van der Waals surface area (Å²) >= 11 is 6.00. The van der Waals surface area contributed by atoms with Gasteiger partial charge in [0.15, 0.2) is 6.10 Å². The van der Waals surface area contributed by atoms with Crippen molar-refractivity contribution in [1.29, 1.82) is 0 Å². The van der Waals surface area contributed by atoms with Gasteiger partial charge in [0.05, 0.1) is 5.56 Å². The van der Waals surface area contributed by atoms with Crippen LogP contribution in [0.1, 0.15) is 24.2 Å². The van der Waals surface area contributed by atoms with E-state index in [-0.39, 0.29) is 5.56 Å². The van der Waals surface area contributed by atoms with Crippen LogP contribution >= 0.6 is 67.8 Å². The van der Waals surface area contributed by atoms with Gasteiger partial charge in [0.1, 0.15) is 0 Å². The molecule has 0 spiro atoms. The Morgan fingerprint density at radius 3 is 2.09 bits per heavy atom. The Morgan fingerprint density at radius 1 is 1.14 bits per heavy atom. The molecular formula is C13H11F2I3O4. The third-order valence-corrected chi connectivity index (χ3v) is 6.42. The Labute approximate surface area is 166 Å². The number of ether oxygens (including phenoxy) is 1. The Morgan fingerprint density at radius 2 is 1.64 bits per heavy atom. The molecule has 1 N–H and O–H groups in total. The van der Waals surface area contributed by atoms with Crippen molar-refractivity contribution in [1.82, 2.24) is 0 Å². The molecule has 1 unspecified atom stereocenters. The fourth-order valence-electron chi connectivity index (χ4n) is 1.61. The minimum atomic E-state index is -4.15. The number of aliphatic carboxylic acids is 1. The molecule has 1 aromatic carbocycles. The number of halogens is 5. The molecule has 0 aliphatic heterocycles. The summed E-state index contributed by atoms with van der Waals surface area (Å²) in [7, 11) is 0. The predicted octanol–water partition coefficient (Wildman–Crippen LogP) is 4.40. The maximum absolute atomic E-state index is 13.7. The first-order valence-electron chi connectivity index (χ1n) is 5.95. The molecule has 0 saturated heterocycles. The summed E-state index contributed by atoms with van der Waals surface area (Å²) in [5.74, 6) is -8.27. The Balaban J connectivity index is 3.13. The fourth-order valence-corrected chi connectivity index (χ4v) is 3.83. The van der Waals surface area contributed by atoms with Gasteiger partial charge in [-0.2, -0.15) is 8.78 Å². The van der Waals surface area contributed by atoms with Crippen LogP contribution in [0.15, 0.2) is 12.1 Å². The van der Waals surface area contributed by atoms with Crippen LogP contribution in [0.4, 0.5) is 8.78 Å². The van der Waals surface area contributed by atoms with Gasteiger partial charge in [0.25, 0.3) is 0 Å². The summed E-state index contributed by atoms with van der Waals surface area (Å²) in [5, 5.41) is 8.63. The van der Waals surface area contributed by atoms with Gasteiger partial charge in [0, 0.05) is 10.7 Å². The van der Waals surface area contributed by atoms with E-state index in [4.69, 9.17) is 9.84 Å². The van der Waals surface area contributed by atoms with Crippen LogP contribution in [0.2, 0.25) is 0 Å². The number of rotatable bonds is 5. The molecule has 1 rings (SSSR count). The number of alkyl halides is 2. The number of carbonyl (C=O) groups is 2. The van der Waals surface area contributed by atoms with Crippen molar-refractivity contribution in [3.05, 3.63) is 28.4 Å². The minimum absolute atomic E-state index is 0.136. The highest BCUT2D eigenvalue weighted by atomic mass is 127. The van der Waals surface area contributed by atoms with Crippen molar-refractivity contribution in [3.63, 3.8) is 0 Å². The van der Waals surface area contributed by atoms with Crippen LogP contribution in [-0.2, 0) is 9.53 Å². The fraction of sp³-hybridized carbons (Fsp3) is 0.385. The minimum Gasteiger partial charge on any atom is -0.477 e. The second-order valence-corrected chi connectivity index (χ2v) is 8.23. The molecule has 0 amide bonds. The average molecular weight is 650 g/mol. The van der Waals surface area contributed by atoms with E-state index < -0.39 is 29.9 Å². The molecule has 0 heterocycles. The van der Waals surface area contributed by atoms with Crippen LogP contribution < -0.4 is 0 Å². The summed E-state index contributed by atoms with van der Waals surface area (Å²) in [4.78, 5) is 22.9. The van der Waals surface area contributed by atoms with Crippen LogP contribution in [0.3, 0.4) is 0 Å². The molecule has 22 heavy (non-hydrogen) atoms. The molecule has 0 radical (unpaired) electrons. The molecule has 0 aliphatic rings. The third-order valence-electron chi connectivity index (χ3n) is 2.71. The van der Waals surface area contributed by atoms with Gasteiger partial charge in [-0.1, -0.05) is 13.8 Å². The summed E-state index contributed by atoms with van der Waals surface area (Å²) in [6.45, 7) is 2.74. The van der Waals surface area contributed by atoms with Crippen molar-refractivity contribution in [3.8, 4) is 0 Å². The van der Waals surface area contributed by atoms with Crippen molar-refractivity contribution in [2.45, 2.75) is 25.9 Å². The van der Waals surface area contributed by atoms with E-state index in [1.165, 1.54) is 19.9 Å². The van der Waals surface area contributed by atoms with Crippen molar-refractivity contribution < 1.29 is 28.2 Å². The zero-order valence-corrected chi connectivity index (χ0v) is 17.8. The van der Waals surface area contributed by atoms with Gasteiger partial charge in [-0.25, -0.2) is 9.59 Å². The van der Waals surface area contributed by atoms with E-state index >= 15 is 0 Å². The maximum atomic E-state index is 13.7. The molecule has 122 valence electrons. The smallest absolute Gasteiger partial charge is 0.378 e. The molecule has 4 nitrogen and oxygen atoms in total. The summed E-state index contributed by atoms with van der Waals surface area (Å²) < 4.78 is 34.5. The number of hydrogen-bond acceptors (Lipinski definition) is 3. The number of carboxylic acids is 1. The lowest BCUT2D eigenvalue weighted by Crippen LogP contribution is -2.47. The van der Waals surface area contributed by atoms with Crippen molar-refractivity contribution >= 4 is 79.7 Å². The van der Waals surface area contributed by atoms with E-state index in [1.807, 2.05) is 45.2 Å². The van der Waals surface area contributed by atoms with Crippen LogP contribution in [0, 0.1) is 16.6 Å². The van der Waals surface area contributed by atoms with E-state index in [0.717, 1.165) is 7.14 Å². The van der Waals surface area contributed by atoms with Crippen LogP contribution in [0.5, 0.6) is 0 Å². The van der Waals surface area contributed by atoms with E-state index in [9.17, 15) is 18.4 Å². The van der Waals surface area contributed by atoms with Gasteiger partial charge in [-0.3, -0.25) is 0 Å². The Hall–Kier alpha value is 0.210. The SMILES string of the molecule is CC(C)C(OC(=O)c1cc(I)c(I)cc1I)C(F)(F)C(=O)O. The molecule has 0 saturated carbocycles. The number of benzene rings is 1. The second kappa shape index (κ2) is 7.85. The highest BCUT2D eigenvalue weighted by Gasteiger charge is 2.51. The van der Waals surface area contributed by atoms with Gasteiger partial charge >= 0.3 is 17.9 Å². The van der Waals surface area contributed by atoms with E-state index in [1.54, 1.807) is 6.07 Å². The van der Waals surface area contributed by atoms with Crippen LogP contribution in [-0.4, -0.2) is 29.1 Å². The quantitative estimate of drug-likeness (QED) is 0.292. The first-order valence-corrected chi connectivity index (χ1v) is 9.18. The van der Waals surface area contributed by atoms with E-state index in [2.05, 4.69) is 22.6 Å². The van der Waals surface area contributed by atoms with Gasteiger partial charge in [-0.05, 0) is 85.8 Å². The third kappa shape index (κ3) is 4.61. The molecule has 1 atom stereocenters. The zero-order valence-electron chi connectivity index (χ0n) is 11.4. The summed E-state index contributed by atoms with van der Waals surface area (Å²) in [6.07, 6.45) is -2.04. The molecule has 9 heteroatoms. The molecule has 0 bridgehead atoms. The lowest BCUT2D eigenvalue weighted by atomic mass is 10.0. The second-order valence-electron chi connectivity index (χ2n) is 4.74. The van der Waals surface area contributed by atoms with Gasteiger partial charge < -0.3 is 9.84 Å². The number of carboxylic acid groups (broad SMARTS) is 1. The lowest BCUT2D eigenvalue weighted by molar-refractivity contribution is -0.187. The topological polar surface area (TPSA) is 63.6 Å². The Bertz CT molecular complexity index is 605. The Kier molecular flexibility index (Phi) is 7.23. The number of esters is 1. The van der Waals surface area contributed by atoms with Crippen molar-refractivity contribution in [2.75, 3.05) is 0 Å². The molecule has 0 fully saturated rings. The molecular weight excluding hydrogens is 639 g/mol. The van der Waals surface area contributed by atoms with E-state index in [0.29, 0.717) is 3.57 Å².